The lowest BCUT2D eigenvalue weighted by molar-refractivity contribution is -0.141. The molecule has 3 rings (SSSR count). The Balaban J connectivity index is 2.01. The number of carbonyl (C=O) groups excluding carboxylic acids is 1. The third kappa shape index (κ3) is 4.31. The largest absolute Gasteiger partial charge is 0.433 e. The van der Waals surface area contributed by atoms with Gasteiger partial charge in [0.25, 0.3) is 0 Å². The van der Waals surface area contributed by atoms with Gasteiger partial charge in [-0.25, -0.2) is 0 Å². The quantitative estimate of drug-likeness (QED) is 0.770. The first-order valence-corrected chi connectivity index (χ1v) is 9.23. The first kappa shape index (κ1) is 19.4. The van der Waals surface area contributed by atoms with Gasteiger partial charge < -0.3 is 5.73 Å². The van der Waals surface area contributed by atoms with Gasteiger partial charge in [-0.15, -0.1) is 0 Å². The summed E-state index contributed by atoms with van der Waals surface area (Å²) in [5.74, 6) is 0.113. The molecule has 1 aromatic carbocycles. The van der Waals surface area contributed by atoms with Crippen molar-refractivity contribution < 1.29 is 18.0 Å². The van der Waals surface area contributed by atoms with E-state index in [2.05, 4.69) is 4.98 Å². The number of hydrogen-bond acceptors (Lipinski definition) is 2. The Labute approximate surface area is 156 Å². The van der Waals surface area contributed by atoms with E-state index in [1.165, 1.54) is 37.9 Å². The summed E-state index contributed by atoms with van der Waals surface area (Å²) in [4.78, 5) is 15.5. The molecule has 1 aliphatic rings. The van der Waals surface area contributed by atoms with Crippen LogP contribution in [0.25, 0.3) is 11.1 Å². The normalized spacial score (nSPS) is 15.3. The first-order chi connectivity index (χ1) is 12.8. The number of nitrogens with two attached hydrogens (primary N) is 1. The lowest BCUT2D eigenvalue weighted by Crippen LogP contribution is -2.16. The molecule has 0 aliphatic heterocycles. The SMILES string of the molecule is Cc1ccc(C(N)=O)c(CCC2CCCC2)c1-c1ccc(C(F)(F)F)nc1. The maximum atomic E-state index is 12.8. The molecule has 1 saturated carbocycles. The van der Waals surface area contributed by atoms with Crippen LogP contribution in [0.2, 0.25) is 0 Å². The maximum Gasteiger partial charge on any atom is 0.433 e. The molecule has 1 aromatic heterocycles. The molecule has 1 amide bonds. The molecule has 0 spiro atoms. The summed E-state index contributed by atoms with van der Waals surface area (Å²) in [6.45, 7) is 1.89. The van der Waals surface area contributed by atoms with Crippen molar-refractivity contribution in [2.45, 2.75) is 51.6 Å². The maximum absolute atomic E-state index is 12.8. The Morgan fingerprint density at radius 2 is 1.89 bits per heavy atom. The van der Waals surface area contributed by atoms with Gasteiger partial charge in [-0.1, -0.05) is 37.8 Å². The highest BCUT2D eigenvalue weighted by Crippen LogP contribution is 2.35. The highest BCUT2D eigenvalue weighted by molar-refractivity contribution is 5.97. The Kier molecular flexibility index (Phi) is 5.53. The van der Waals surface area contributed by atoms with E-state index in [-0.39, 0.29) is 0 Å². The number of aromatic nitrogens is 1. The highest BCUT2D eigenvalue weighted by atomic mass is 19.4. The van der Waals surface area contributed by atoms with Crippen molar-refractivity contribution in [3.63, 3.8) is 0 Å². The molecule has 2 aromatic rings. The Morgan fingerprint density at radius 1 is 1.19 bits per heavy atom. The zero-order valence-corrected chi connectivity index (χ0v) is 15.3. The van der Waals surface area contributed by atoms with Crippen LogP contribution in [0.4, 0.5) is 13.2 Å². The number of benzene rings is 1. The van der Waals surface area contributed by atoms with Gasteiger partial charge in [-0.05, 0) is 54.5 Å². The van der Waals surface area contributed by atoms with Crippen molar-refractivity contribution in [2.75, 3.05) is 0 Å². The zero-order chi connectivity index (χ0) is 19.6. The van der Waals surface area contributed by atoms with Crippen molar-refractivity contribution >= 4 is 5.91 Å². The summed E-state index contributed by atoms with van der Waals surface area (Å²) in [6, 6.07) is 5.89. The van der Waals surface area contributed by atoms with Crippen LogP contribution in [-0.2, 0) is 12.6 Å². The van der Waals surface area contributed by atoms with E-state index < -0.39 is 17.8 Å². The number of pyridine rings is 1. The molecule has 0 unspecified atom stereocenters. The number of amides is 1. The number of aryl methyl sites for hydroxylation is 1. The topological polar surface area (TPSA) is 56.0 Å². The minimum Gasteiger partial charge on any atom is -0.366 e. The van der Waals surface area contributed by atoms with Crippen molar-refractivity contribution in [1.82, 2.24) is 4.98 Å². The Bertz CT molecular complexity index is 823. The molecule has 27 heavy (non-hydrogen) atoms. The molecule has 2 N–H and O–H groups in total. The van der Waals surface area contributed by atoms with Gasteiger partial charge >= 0.3 is 6.18 Å². The van der Waals surface area contributed by atoms with Crippen LogP contribution in [-0.4, -0.2) is 10.9 Å². The average molecular weight is 376 g/mol. The van der Waals surface area contributed by atoms with Crippen LogP contribution in [0, 0.1) is 12.8 Å². The Hall–Kier alpha value is -2.37. The van der Waals surface area contributed by atoms with Crippen molar-refractivity contribution in [1.29, 1.82) is 0 Å². The first-order valence-electron chi connectivity index (χ1n) is 9.23. The second-order valence-corrected chi connectivity index (χ2v) is 7.27. The molecular formula is C21H23F3N2O. The molecule has 6 heteroatoms. The number of primary amides is 1. The van der Waals surface area contributed by atoms with Crippen molar-refractivity contribution in [3.8, 4) is 11.1 Å². The second kappa shape index (κ2) is 7.71. The van der Waals surface area contributed by atoms with Crippen molar-refractivity contribution in [2.24, 2.45) is 11.7 Å². The summed E-state index contributed by atoms with van der Waals surface area (Å²) in [5, 5.41) is 0. The lowest BCUT2D eigenvalue weighted by Gasteiger charge is -2.18. The van der Waals surface area contributed by atoms with Crippen LogP contribution in [0.15, 0.2) is 30.5 Å². The summed E-state index contributed by atoms with van der Waals surface area (Å²) >= 11 is 0. The van der Waals surface area contributed by atoms with E-state index >= 15 is 0 Å². The third-order valence-electron chi connectivity index (χ3n) is 5.41. The predicted octanol–water partition coefficient (Wildman–Crippen LogP) is 5.30. The number of halogens is 3. The molecule has 1 aliphatic carbocycles. The molecular weight excluding hydrogens is 353 g/mol. The molecule has 1 heterocycles. The van der Waals surface area contributed by atoms with E-state index in [9.17, 15) is 18.0 Å². The number of rotatable bonds is 5. The molecule has 0 atom stereocenters. The van der Waals surface area contributed by atoms with Crippen molar-refractivity contribution in [3.05, 3.63) is 52.8 Å². The van der Waals surface area contributed by atoms with Crippen LogP contribution in [0.3, 0.4) is 0 Å². The van der Waals surface area contributed by atoms with Crippen LogP contribution < -0.4 is 5.73 Å². The predicted molar refractivity (Wildman–Crippen MR) is 98.2 cm³/mol. The fourth-order valence-corrected chi connectivity index (χ4v) is 4.01. The summed E-state index contributed by atoms with van der Waals surface area (Å²) in [6.07, 6.45) is 3.23. The molecule has 0 radical (unpaired) electrons. The highest BCUT2D eigenvalue weighted by Gasteiger charge is 2.32. The van der Waals surface area contributed by atoms with E-state index in [4.69, 9.17) is 5.73 Å². The average Bonchev–Trinajstić information content (AvgIpc) is 3.12. The van der Waals surface area contributed by atoms with Gasteiger partial charge in [0.2, 0.25) is 5.91 Å². The number of hydrogen-bond donors (Lipinski definition) is 1. The molecule has 3 nitrogen and oxygen atoms in total. The van der Waals surface area contributed by atoms with E-state index in [0.29, 0.717) is 23.5 Å². The van der Waals surface area contributed by atoms with Gasteiger partial charge in [-0.3, -0.25) is 9.78 Å². The number of carbonyl (C=O) groups is 1. The standard InChI is InChI=1S/C21H23F3N2O/c1-13-6-9-17(20(25)27)16(10-7-14-4-2-3-5-14)19(13)15-8-11-18(26-12-15)21(22,23)24/h6,8-9,11-12,14H,2-5,7,10H2,1H3,(H2,25,27). The minimum atomic E-state index is -4.48. The van der Waals surface area contributed by atoms with Gasteiger partial charge in [0.1, 0.15) is 5.69 Å². The van der Waals surface area contributed by atoms with Crippen LogP contribution in [0.1, 0.15) is 59.3 Å². The number of alkyl halides is 3. The van der Waals surface area contributed by atoms with Gasteiger partial charge in [0.05, 0.1) is 0 Å². The summed E-state index contributed by atoms with van der Waals surface area (Å²) < 4.78 is 38.5. The Morgan fingerprint density at radius 3 is 2.44 bits per heavy atom. The smallest absolute Gasteiger partial charge is 0.366 e. The van der Waals surface area contributed by atoms with E-state index in [1.807, 2.05) is 6.92 Å². The molecule has 1 fully saturated rings. The summed E-state index contributed by atoms with van der Waals surface area (Å²) in [5.41, 5.74) is 8.13. The molecule has 144 valence electrons. The fourth-order valence-electron chi connectivity index (χ4n) is 4.01. The summed E-state index contributed by atoms with van der Waals surface area (Å²) in [7, 11) is 0. The molecule has 0 saturated heterocycles. The minimum absolute atomic E-state index is 0.438. The van der Waals surface area contributed by atoms with Gasteiger partial charge in [0, 0.05) is 17.3 Å². The lowest BCUT2D eigenvalue weighted by atomic mass is 9.87. The monoisotopic (exact) mass is 376 g/mol. The second-order valence-electron chi connectivity index (χ2n) is 7.27. The van der Waals surface area contributed by atoms with Crippen LogP contribution >= 0.6 is 0 Å². The number of nitrogens with zero attached hydrogens (tertiary/aromatic N) is 1. The molecule has 0 bridgehead atoms. The van der Waals surface area contributed by atoms with Gasteiger partial charge in [-0.2, -0.15) is 13.2 Å². The van der Waals surface area contributed by atoms with E-state index in [1.54, 1.807) is 12.1 Å². The third-order valence-corrected chi connectivity index (χ3v) is 5.41. The fraction of sp³-hybridized carbons (Fsp3) is 0.429. The van der Waals surface area contributed by atoms with E-state index in [0.717, 1.165) is 29.2 Å². The zero-order valence-electron chi connectivity index (χ0n) is 15.3. The van der Waals surface area contributed by atoms with Crippen LogP contribution in [0.5, 0.6) is 0 Å². The van der Waals surface area contributed by atoms with Gasteiger partial charge in [0.15, 0.2) is 0 Å².